The van der Waals surface area contributed by atoms with E-state index in [-0.39, 0.29) is 21.5 Å². The van der Waals surface area contributed by atoms with Gasteiger partial charge in [0.15, 0.2) is 0 Å². The summed E-state index contributed by atoms with van der Waals surface area (Å²) in [5.74, 6) is -1.58. The Hall–Kier alpha value is -1.60. The summed E-state index contributed by atoms with van der Waals surface area (Å²) < 4.78 is 26.3. The van der Waals surface area contributed by atoms with Crippen LogP contribution in [0, 0.1) is 0 Å². The molecule has 2 aromatic rings. The average Bonchev–Trinajstić information content (AvgIpc) is 2.47. The van der Waals surface area contributed by atoms with E-state index >= 15 is 0 Å². The van der Waals surface area contributed by atoms with E-state index in [1.807, 2.05) is 6.07 Å². The Labute approximate surface area is 144 Å². The van der Waals surface area contributed by atoms with Crippen molar-refractivity contribution in [2.75, 3.05) is 7.05 Å². The van der Waals surface area contributed by atoms with Crippen LogP contribution in [0.5, 0.6) is 0 Å². The van der Waals surface area contributed by atoms with Crippen molar-refractivity contribution >= 4 is 39.2 Å². The summed E-state index contributed by atoms with van der Waals surface area (Å²) in [5, 5.41) is 10.7. The van der Waals surface area contributed by atoms with Crippen LogP contribution in [0.2, 0.25) is 10.0 Å². The molecule has 0 atom stereocenters. The van der Waals surface area contributed by atoms with Crippen LogP contribution in [0.3, 0.4) is 0 Å². The monoisotopic (exact) mass is 372 g/mol. The molecule has 0 spiro atoms. The Morgan fingerprint density at radius 1 is 1.13 bits per heavy atom. The third kappa shape index (κ3) is 3.84. The first-order valence-corrected chi connectivity index (χ1v) is 8.63. The van der Waals surface area contributed by atoms with Crippen molar-refractivity contribution in [3.63, 3.8) is 0 Å². The van der Waals surface area contributed by atoms with Gasteiger partial charge in [-0.2, -0.15) is 4.31 Å². The molecule has 2 aromatic carbocycles. The number of sulfonamides is 1. The Bertz CT molecular complexity index is 838. The fourth-order valence-corrected chi connectivity index (χ4v) is 3.96. The van der Waals surface area contributed by atoms with Crippen LogP contribution in [0.25, 0.3) is 0 Å². The third-order valence-corrected chi connectivity index (χ3v) is 5.76. The first kappa shape index (κ1) is 17.7. The van der Waals surface area contributed by atoms with Crippen molar-refractivity contribution in [2.24, 2.45) is 0 Å². The number of carbonyl (C=O) groups excluding carboxylic acids is 1. The maximum absolute atomic E-state index is 12.6. The smallest absolute Gasteiger partial charge is 0.244 e. The lowest BCUT2D eigenvalue weighted by atomic mass is 10.2. The van der Waals surface area contributed by atoms with Crippen LogP contribution in [0.1, 0.15) is 15.9 Å². The summed E-state index contributed by atoms with van der Waals surface area (Å²) >= 11 is 11.7. The Morgan fingerprint density at radius 2 is 1.74 bits per heavy atom. The Balaban J connectivity index is 2.43. The van der Waals surface area contributed by atoms with E-state index in [1.165, 1.54) is 7.05 Å². The average molecular weight is 373 g/mol. The summed E-state index contributed by atoms with van der Waals surface area (Å²) in [6, 6.07) is 11.0. The summed E-state index contributed by atoms with van der Waals surface area (Å²) in [7, 11) is -2.61. The van der Waals surface area contributed by atoms with Gasteiger partial charge in [0.05, 0.1) is 16.0 Å². The molecule has 0 aliphatic heterocycles. The molecule has 0 saturated heterocycles. The molecule has 0 amide bonds. The first-order chi connectivity index (χ1) is 10.7. The fraction of sp³-hybridized carbons (Fsp3) is 0.133. The lowest BCUT2D eigenvalue weighted by Gasteiger charge is -2.19. The molecule has 0 saturated carbocycles. The lowest BCUT2D eigenvalue weighted by Crippen LogP contribution is -2.28. The van der Waals surface area contributed by atoms with Gasteiger partial charge in [0.25, 0.3) is 0 Å². The summed E-state index contributed by atoms with van der Waals surface area (Å²) in [4.78, 5) is 10.7. The molecular formula is C15H12Cl2NO4S-. The van der Waals surface area contributed by atoms with Gasteiger partial charge in [-0.3, -0.25) is 0 Å². The maximum atomic E-state index is 12.6. The topological polar surface area (TPSA) is 77.5 Å². The molecule has 0 fully saturated rings. The van der Waals surface area contributed by atoms with Gasteiger partial charge in [0.2, 0.25) is 10.0 Å². The van der Waals surface area contributed by atoms with Crippen LogP contribution in [0.4, 0.5) is 0 Å². The molecule has 0 aliphatic rings. The van der Waals surface area contributed by atoms with Crippen LogP contribution in [-0.4, -0.2) is 25.7 Å². The van der Waals surface area contributed by atoms with Gasteiger partial charge in [0.1, 0.15) is 4.90 Å². The number of benzene rings is 2. The van der Waals surface area contributed by atoms with E-state index in [1.54, 1.807) is 24.3 Å². The van der Waals surface area contributed by atoms with Gasteiger partial charge in [-0.1, -0.05) is 53.5 Å². The summed E-state index contributed by atoms with van der Waals surface area (Å²) in [6.45, 7) is 0.114. The highest BCUT2D eigenvalue weighted by molar-refractivity contribution is 7.89. The van der Waals surface area contributed by atoms with Crippen LogP contribution >= 0.6 is 23.2 Å². The summed E-state index contributed by atoms with van der Waals surface area (Å²) in [6.07, 6.45) is 0. The van der Waals surface area contributed by atoms with Crippen LogP contribution in [0.15, 0.2) is 47.4 Å². The molecule has 0 bridgehead atoms. The van der Waals surface area contributed by atoms with E-state index in [0.717, 1.165) is 22.0 Å². The van der Waals surface area contributed by atoms with E-state index in [4.69, 9.17) is 23.2 Å². The zero-order valence-electron chi connectivity index (χ0n) is 12.0. The second kappa shape index (κ2) is 6.88. The highest BCUT2D eigenvalue weighted by atomic mass is 35.5. The normalized spacial score (nSPS) is 11.7. The van der Waals surface area contributed by atoms with Crippen molar-refractivity contribution < 1.29 is 18.3 Å². The van der Waals surface area contributed by atoms with Gasteiger partial charge in [-0.25, -0.2) is 8.42 Å². The van der Waals surface area contributed by atoms with Gasteiger partial charge in [0, 0.05) is 19.2 Å². The van der Waals surface area contributed by atoms with E-state index < -0.39 is 21.6 Å². The number of rotatable bonds is 5. The fourth-order valence-electron chi connectivity index (χ4n) is 1.98. The number of halogens is 2. The zero-order valence-corrected chi connectivity index (χ0v) is 14.3. The molecule has 122 valence electrons. The largest absolute Gasteiger partial charge is 0.545 e. The minimum atomic E-state index is -3.99. The van der Waals surface area contributed by atoms with Crippen molar-refractivity contribution in [3.05, 3.63) is 63.6 Å². The van der Waals surface area contributed by atoms with E-state index in [0.29, 0.717) is 0 Å². The molecule has 0 N–H and O–H groups in total. The minimum absolute atomic E-state index is 0.114. The number of carbonyl (C=O) groups is 1. The van der Waals surface area contributed by atoms with Crippen molar-refractivity contribution in [2.45, 2.75) is 11.4 Å². The molecule has 8 heteroatoms. The van der Waals surface area contributed by atoms with Gasteiger partial charge < -0.3 is 9.90 Å². The van der Waals surface area contributed by atoms with Crippen molar-refractivity contribution in [1.82, 2.24) is 4.31 Å². The van der Waals surface area contributed by atoms with Gasteiger partial charge in [-0.05, 0) is 17.7 Å². The van der Waals surface area contributed by atoms with E-state index in [9.17, 15) is 18.3 Å². The highest BCUT2D eigenvalue weighted by Gasteiger charge is 2.25. The Morgan fingerprint density at radius 3 is 2.30 bits per heavy atom. The van der Waals surface area contributed by atoms with Crippen LogP contribution in [-0.2, 0) is 16.6 Å². The molecule has 0 aromatic heterocycles. The van der Waals surface area contributed by atoms with Crippen molar-refractivity contribution in [1.29, 1.82) is 0 Å². The predicted molar refractivity (Wildman–Crippen MR) is 85.9 cm³/mol. The number of nitrogens with zero attached hydrogens (tertiary/aromatic N) is 1. The zero-order chi connectivity index (χ0) is 17.2. The second-order valence-electron chi connectivity index (χ2n) is 4.80. The quantitative estimate of drug-likeness (QED) is 0.805. The first-order valence-electron chi connectivity index (χ1n) is 6.44. The van der Waals surface area contributed by atoms with Gasteiger partial charge in [-0.15, -0.1) is 0 Å². The molecule has 5 nitrogen and oxygen atoms in total. The SMILES string of the molecule is CN(Cc1ccccc1)S(=O)(=O)c1cc(C(=O)[O-])c(Cl)cc1Cl. The number of carboxylic acid groups (broad SMARTS) is 1. The molecule has 23 heavy (non-hydrogen) atoms. The lowest BCUT2D eigenvalue weighted by molar-refractivity contribution is -0.255. The van der Waals surface area contributed by atoms with Crippen LogP contribution < -0.4 is 5.11 Å². The number of aromatic carboxylic acids is 1. The molecule has 0 radical (unpaired) electrons. The molecule has 0 heterocycles. The van der Waals surface area contributed by atoms with Gasteiger partial charge >= 0.3 is 0 Å². The minimum Gasteiger partial charge on any atom is -0.545 e. The number of hydrogen-bond acceptors (Lipinski definition) is 4. The number of hydrogen-bond donors (Lipinski definition) is 0. The predicted octanol–water partition coefficient (Wildman–Crippen LogP) is 2.18. The molecule has 0 aliphatic carbocycles. The van der Waals surface area contributed by atoms with E-state index in [2.05, 4.69) is 0 Å². The molecular weight excluding hydrogens is 361 g/mol. The standard InChI is InChI=1S/C15H13Cl2NO4S/c1-18(9-10-5-3-2-4-6-10)23(21,22)14-7-11(15(19)20)12(16)8-13(14)17/h2-8H,9H2,1H3,(H,19,20)/p-1. The van der Waals surface area contributed by atoms with Crippen molar-refractivity contribution in [3.8, 4) is 0 Å². The molecule has 0 unspecified atom stereocenters. The summed E-state index contributed by atoms with van der Waals surface area (Å²) in [5.41, 5.74) is 0.353. The highest BCUT2D eigenvalue weighted by Crippen LogP contribution is 2.30. The number of carboxylic acids is 1. The molecule has 2 rings (SSSR count). The maximum Gasteiger partial charge on any atom is 0.244 e. The Kier molecular flexibility index (Phi) is 5.31. The third-order valence-electron chi connectivity index (χ3n) is 3.18. The second-order valence-corrected chi connectivity index (χ2v) is 7.62.